The van der Waals surface area contributed by atoms with E-state index in [9.17, 15) is 21.9 Å². The molecule has 0 unspecified atom stereocenters. The normalized spacial score (nSPS) is 21.7. The highest BCUT2D eigenvalue weighted by atomic mass is 32.2. The van der Waals surface area contributed by atoms with E-state index in [0.29, 0.717) is 0 Å². The largest absolute Gasteiger partial charge is 0.389 e. The molecule has 0 amide bonds. The first-order chi connectivity index (χ1) is 8.48. The second-order valence-electron chi connectivity index (χ2n) is 5.63. The topological polar surface area (TPSA) is 91.8 Å². The minimum atomic E-state index is -3.55. The van der Waals surface area contributed by atoms with E-state index < -0.39 is 30.7 Å². The van der Waals surface area contributed by atoms with Crippen LogP contribution >= 0.6 is 0 Å². The molecular formula is C11H23NO5S2. The van der Waals surface area contributed by atoms with Crippen molar-refractivity contribution in [1.82, 2.24) is 4.31 Å². The number of likely N-dealkylation sites (N-methyl/N-ethyl adjacent to an activating group) is 1. The van der Waals surface area contributed by atoms with Crippen LogP contribution in [0, 0.1) is 0 Å². The van der Waals surface area contributed by atoms with Gasteiger partial charge in [-0.2, -0.15) is 4.31 Å². The Bertz CT molecular complexity index is 490. The molecule has 1 N–H and O–H groups in total. The Balaban J connectivity index is 2.85. The van der Waals surface area contributed by atoms with Crippen LogP contribution in [0.5, 0.6) is 0 Å². The van der Waals surface area contributed by atoms with Crippen molar-refractivity contribution in [3.63, 3.8) is 0 Å². The summed E-state index contributed by atoms with van der Waals surface area (Å²) >= 11 is 0. The summed E-state index contributed by atoms with van der Waals surface area (Å²) in [6.45, 7) is 5.11. The molecule has 0 bridgehead atoms. The summed E-state index contributed by atoms with van der Waals surface area (Å²) in [4.78, 5) is 0. The van der Waals surface area contributed by atoms with Crippen LogP contribution in [0.15, 0.2) is 0 Å². The molecule has 0 aliphatic carbocycles. The minimum Gasteiger partial charge on any atom is -0.389 e. The van der Waals surface area contributed by atoms with Crippen molar-refractivity contribution in [3.05, 3.63) is 0 Å². The van der Waals surface area contributed by atoms with E-state index in [1.807, 2.05) is 0 Å². The predicted octanol–water partition coefficient (Wildman–Crippen LogP) is -0.0138. The molecule has 1 rings (SSSR count). The summed E-state index contributed by atoms with van der Waals surface area (Å²) in [6, 6.07) is 0. The van der Waals surface area contributed by atoms with Crippen molar-refractivity contribution >= 4 is 19.9 Å². The highest BCUT2D eigenvalue weighted by molar-refractivity contribution is 7.92. The maximum absolute atomic E-state index is 12.4. The first-order valence-corrected chi connectivity index (χ1v) is 9.72. The van der Waals surface area contributed by atoms with Gasteiger partial charge < -0.3 is 5.11 Å². The third-order valence-corrected chi connectivity index (χ3v) is 7.34. The molecule has 0 radical (unpaired) electrons. The molecule has 0 aromatic carbocycles. The fourth-order valence-electron chi connectivity index (χ4n) is 2.19. The van der Waals surface area contributed by atoms with Crippen molar-refractivity contribution in [2.75, 3.05) is 24.6 Å². The van der Waals surface area contributed by atoms with E-state index in [4.69, 9.17) is 0 Å². The van der Waals surface area contributed by atoms with Crippen LogP contribution in [0.1, 0.15) is 33.6 Å². The average molecular weight is 313 g/mol. The Kier molecular flexibility index (Phi) is 5.03. The van der Waals surface area contributed by atoms with Crippen molar-refractivity contribution in [1.29, 1.82) is 0 Å². The highest BCUT2D eigenvalue weighted by Gasteiger charge is 2.37. The summed E-state index contributed by atoms with van der Waals surface area (Å²) in [6.07, 6.45) is 0.292. The first-order valence-electron chi connectivity index (χ1n) is 6.40. The van der Waals surface area contributed by atoms with Crippen molar-refractivity contribution in [3.8, 4) is 0 Å². The quantitative estimate of drug-likeness (QED) is 0.770. The fraction of sp³-hybridized carbons (Fsp3) is 1.00. The van der Waals surface area contributed by atoms with Gasteiger partial charge in [0.1, 0.15) is 9.84 Å². The summed E-state index contributed by atoms with van der Waals surface area (Å²) in [7, 11) is -6.62. The molecule has 0 spiro atoms. The molecule has 1 aliphatic heterocycles. The predicted molar refractivity (Wildman–Crippen MR) is 74.1 cm³/mol. The second-order valence-corrected chi connectivity index (χ2v) is 10.2. The van der Waals surface area contributed by atoms with E-state index in [2.05, 4.69) is 0 Å². The van der Waals surface area contributed by atoms with Gasteiger partial charge >= 0.3 is 0 Å². The average Bonchev–Trinajstić information content (AvgIpc) is 2.23. The van der Waals surface area contributed by atoms with Crippen molar-refractivity contribution in [2.45, 2.75) is 44.5 Å². The Morgan fingerprint density at radius 2 is 1.74 bits per heavy atom. The molecule has 0 aromatic heterocycles. The molecule has 1 aliphatic rings. The van der Waals surface area contributed by atoms with Crippen molar-refractivity contribution < 1.29 is 21.9 Å². The number of rotatable bonds is 5. The summed E-state index contributed by atoms with van der Waals surface area (Å²) in [5, 5.41) is 9.11. The molecular weight excluding hydrogens is 290 g/mol. The number of sulfone groups is 1. The van der Waals surface area contributed by atoms with Gasteiger partial charge in [0.05, 0.1) is 22.4 Å². The SMILES string of the molecule is CCN(CC(C)(C)O)S(=O)(=O)C1CCS(=O)(=O)CC1. The van der Waals surface area contributed by atoms with Gasteiger partial charge in [0.25, 0.3) is 0 Å². The lowest BCUT2D eigenvalue weighted by Gasteiger charge is -2.32. The third-order valence-electron chi connectivity index (χ3n) is 3.20. The van der Waals surface area contributed by atoms with Gasteiger partial charge in [-0.3, -0.25) is 0 Å². The van der Waals surface area contributed by atoms with E-state index >= 15 is 0 Å². The number of hydrogen-bond acceptors (Lipinski definition) is 5. The Labute approximate surface area is 115 Å². The zero-order valence-electron chi connectivity index (χ0n) is 11.7. The van der Waals surface area contributed by atoms with Gasteiger partial charge in [0.15, 0.2) is 0 Å². The molecule has 19 heavy (non-hydrogen) atoms. The fourth-order valence-corrected chi connectivity index (χ4v) is 6.09. The lowest BCUT2D eigenvalue weighted by molar-refractivity contribution is 0.0598. The standard InChI is InChI=1S/C11H23NO5S2/c1-4-12(9-11(2,3)13)19(16,17)10-5-7-18(14,15)8-6-10/h10,13H,4-9H2,1-3H3. The van der Waals surface area contributed by atoms with Crippen LogP contribution in [-0.2, 0) is 19.9 Å². The smallest absolute Gasteiger partial charge is 0.217 e. The number of hydrogen-bond donors (Lipinski definition) is 1. The summed E-state index contributed by atoms with van der Waals surface area (Å²) < 4.78 is 48.8. The molecule has 0 atom stereocenters. The number of sulfonamides is 1. The second kappa shape index (κ2) is 5.67. The summed E-state index contributed by atoms with van der Waals surface area (Å²) in [5.74, 6) is -0.145. The van der Waals surface area contributed by atoms with E-state index in [1.165, 1.54) is 4.31 Å². The third kappa shape index (κ3) is 4.70. The van der Waals surface area contributed by atoms with Gasteiger partial charge in [0.2, 0.25) is 10.0 Å². The van der Waals surface area contributed by atoms with E-state index in [1.54, 1.807) is 20.8 Å². The maximum atomic E-state index is 12.4. The van der Waals surface area contributed by atoms with E-state index in [-0.39, 0.29) is 37.4 Å². The van der Waals surface area contributed by atoms with Crippen LogP contribution in [0.3, 0.4) is 0 Å². The molecule has 1 saturated heterocycles. The molecule has 1 fully saturated rings. The van der Waals surface area contributed by atoms with Crippen LogP contribution < -0.4 is 0 Å². The van der Waals surface area contributed by atoms with Gasteiger partial charge in [-0.15, -0.1) is 0 Å². The molecule has 1 heterocycles. The van der Waals surface area contributed by atoms with E-state index in [0.717, 1.165) is 0 Å². The minimum absolute atomic E-state index is 0.0229. The number of nitrogens with zero attached hydrogens (tertiary/aromatic N) is 1. The Morgan fingerprint density at radius 1 is 1.26 bits per heavy atom. The van der Waals surface area contributed by atoms with Gasteiger partial charge in [0, 0.05) is 13.1 Å². The zero-order chi connectivity index (χ0) is 14.9. The Morgan fingerprint density at radius 3 is 2.11 bits per heavy atom. The number of aliphatic hydroxyl groups is 1. The highest BCUT2D eigenvalue weighted by Crippen LogP contribution is 2.23. The Hall–Kier alpha value is -0.180. The van der Waals surface area contributed by atoms with Crippen LogP contribution in [-0.4, -0.2) is 61.7 Å². The zero-order valence-corrected chi connectivity index (χ0v) is 13.3. The monoisotopic (exact) mass is 313 g/mol. The maximum Gasteiger partial charge on any atom is 0.217 e. The van der Waals surface area contributed by atoms with Crippen LogP contribution in [0.4, 0.5) is 0 Å². The first kappa shape index (κ1) is 16.9. The summed E-state index contributed by atoms with van der Waals surface area (Å²) in [5.41, 5.74) is -1.11. The van der Waals surface area contributed by atoms with Crippen LogP contribution in [0.2, 0.25) is 0 Å². The molecule has 0 saturated carbocycles. The van der Waals surface area contributed by atoms with Crippen LogP contribution in [0.25, 0.3) is 0 Å². The van der Waals surface area contributed by atoms with Gasteiger partial charge in [-0.25, -0.2) is 16.8 Å². The van der Waals surface area contributed by atoms with Crippen molar-refractivity contribution in [2.24, 2.45) is 0 Å². The lowest BCUT2D eigenvalue weighted by Crippen LogP contribution is -2.47. The molecule has 0 aromatic rings. The molecule has 8 heteroatoms. The molecule has 6 nitrogen and oxygen atoms in total. The molecule has 114 valence electrons. The van der Waals surface area contributed by atoms with Gasteiger partial charge in [-0.05, 0) is 26.7 Å². The van der Waals surface area contributed by atoms with Gasteiger partial charge in [-0.1, -0.05) is 6.92 Å². The lowest BCUT2D eigenvalue weighted by atomic mass is 10.1.